The molecular formula is C14H22N2O3S. The van der Waals surface area contributed by atoms with Gasteiger partial charge in [0.1, 0.15) is 5.75 Å². The summed E-state index contributed by atoms with van der Waals surface area (Å²) >= 11 is 0. The van der Waals surface area contributed by atoms with Gasteiger partial charge in [0.15, 0.2) is 0 Å². The number of ether oxygens (including phenoxy) is 1. The highest BCUT2D eigenvalue weighted by molar-refractivity contribution is 7.89. The predicted octanol–water partition coefficient (Wildman–Crippen LogP) is 1.37. The quantitative estimate of drug-likeness (QED) is 0.891. The van der Waals surface area contributed by atoms with Crippen molar-refractivity contribution in [3.8, 4) is 5.75 Å². The normalized spacial score (nSPS) is 17.1. The molecule has 0 spiro atoms. The van der Waals surface area contributed by atoms with E-state index in [0.29, 0.717) is 36.7 Å². The first-order valence-electron chi connectivity index (χ1n) is 6.96. The largest absolute Gasteiger partial charge is 0.497 e. The second-order valence-corrected chi connectivity index (χ2v) is 6.88. The molecule has 1 aliphatic rings. The van der Waals surface area contributed by atoms with Crippen LogP contribution in [0.1, 0.15) is 24.8 Å². The highest BCUT2D eigenvalue weighted by Gasteiger charge is 2.28. The predicted molar refractivity (Wildman–Crippen MR) is 78.4 cm³/mol. The van der Waals surface area contributed by atoms with E-state index in [0.717, 1.165) is 24.8 Å². The van der Waals surface area contributed by atoms with E-state index in [4.69, 9.17) is 10.5 Å². The zero-order chi connectivity index (χ0) is 14.6. The van der Waals surface area contributed by atoms with Crippen LogP contribution in [0, 0.1) is 0 Å². The highest BCUT2D eigenvalue weighted by atomic mass is 32.2. The molecule has 6 heteroatoms. The summed E-state index contributed by atoms with van der Waals surface area (Å²) in [5.74, 6) is 0.658. The molecule has 1 aromatic carbocycles. The molecule has 0 aromatic heterocycles. The summed E-state index contributed by atoms with van der Waals surface area (Å²) in [5.41, 5.74) is 6.33. The van der Waals surface area contributed by atoms with Crippen molar-refractivity contribution in [3.05, 3.63) is 23.8 Å². The van der Waals surface area contributed by atoms with Gasteiger partial charge in [-0.25, -0.2) is 8.42 Å². The summed E-state index contributed by atoms with van der Waals surface area (Å²) in [6.45, 7) is 1.63. The van der Waals surface area contributed by atoms with Gasteiger partial charge in [-0.2, -0.15) is 4.31 Å². The van der Waals surface area contributed by atoms with Crippen LogP contribution in [0.3, 0.4) is 0 Å². The molecule has 20 heavy (non-hydrogen) atoms. The van der Waals surface area contributed by atoms with Gasteiger partial charge >= 0.3 is 0 Å². The van der Waals surface area contributed by atoms with E-state index in [1.165, 1.54) is 0 Å². The van der Waals surface area contributed by atoms with Gasteiger partial charge in [0.2, 0.25) is 10.0 Å². The third kappa shape index (κ3) is 3.13. The molecule has 1 heterocycles. The minimum atomic E-state index is -3.42. The van der Waals surface area contributed by atoms with E-state index in [-0.39, 0.29) is 0 Å². The minimum Gasteiger partial charge on any atom is -0.497 e. The first kappa shape index (κ1) is 15.3. The zero-order valence-corrected chi connectivity index (χ0v) is 12.7. The Bertz CT molecular complexity index is 552. The van der Waals surface area contributed by atoms with E-state index < -0.39 is 10.0 Å². The summed E-state index contributed by atoms with van der Waals surface area (Å²) < 4.78 is 32.2. The van der Waals surface area contributed by atoms with Crippen LogP contribution in [0.2, 0.25) is 0 Å². The third-order valence-corrected chi connectivity index (χ3v) is 5.61. The average Bonchev–Trinajstić information content (AvgIpc) is 2.48. The van der Waals surface area contributed by atoms with Crippen molar-refractivity contribution in [1.82, 2.24) is 4.31 Å². The second-order valence-electron chi connectivity index (χ2n) is 4.98. The molecule has 0 amide bonds. The van der Waals surface area contributed by atoms with E-state index >= 15 is 0 Å². The van der Waals surface area contributed by atoms with Crippen molar-refractivity contribution in [2.75, 3.05) is 26.7 Å². The Balaban J connectivity index is 2.39. The van der Waals surface area contributed by atoms with E-state index in [2.05, 4.69) is 0 Å². The Morgan fingerprint density at radius 3 is 2.55 bits per heavy atom. The molecule has 1 saturated heterocycles. The molecule has 5 nitrogen and oxygen atoms in total. The van der Waals surface area contributed by atoms with Gasteiger partial charge in [-0.3, -0.25) is 0 Å². The highest BCUT2D eigenvalue weighted by Crippen LogP contribution is 2.26. The fraction of sp³-hybridized carbons (Fsp3) is 0.571. The number of nitrogens with zero attached hydrogens (tertiary/aromatic N) is 1. The summed E-state index contributed by atoms with van der Waals surface area (Å²) in [4.78, 5) is 0.366. The Morgan fingerprint density at radius 2 is 1.95 bits per heavy atom. The Kier molecular flexibility index (Phi) is 5.01. The van der Waals surface area contributed by atoms with Crippen LogP contribution >= 0.6 is 0 Å². The maximum Gasteiger partial charge on any atom is 0.243 e. The van der Waals surface area contributed by atoms with Crippen LogP contribution in [0.25, 0.3) is 0 Å². The van der Waals surface area contributed by atoms with Gasteiger partial charge in [-0.1, -0.05) is 6.42 Å². The van der Waals surface area contributed by atoms with Crippen LogP contribution in [-0.4, -0.2) is 39.5 Å². The van der Waals surface area contributed by atoms with Crippen LogP contribution in [0.4, 0.5) is 0 Å². The number of methoxy groups -OCH3 is 1. The van der Waals surface area contributed by atoms with Gasteiger partial charge in [-0.15, -0.1) is 0 Å². The molecule has 0 radical (unpaired) electrons. The van der Waals surface area contributed by atoms with Gasteiger partial charge in [0.25, 0.3) is 0 Å². The molecule has 0 saturated carbocycles. The maximum absolute atomic E-state index is 12.7. The van der Waals surface area contributed by atoms with Crippen LogP contribution in [-0.2, 0) is 16.4 Å². The smallest absolute Gasteiger partial charge is 0.243 e. The Hall–Kier alpha value is -1.11. The lowest BCUT2D eigenvalue weighted by atomic mass is 10.1. The molecule has 112 valence electrons. The number of rotatable bonds is 5. The number of hydrogen-bond acceptors (Lipinski definition) is 4. The number of benzene rings is 1. The van der Waals surface area contributed by atoms with Crippen LogP contribution in [0.15, 0.2) is 23.1 Å². The zero-order valence-electron chi connectivity index (χ0n) is 11.8. The summed E-state index contributed by atoms with van der Waals surface area (Å²) in [7, 11) is -1.85. The van der Waals surface area contributed by atoms with Crippen molar-refractivity contribution < 1.29 is 13.2 Å². The molecule has 2 N–H and O–H groups in total. The fourth-order valence-electron chi connectivity index (χ4n) is 2.53. The van der Waals surface area contributed by atoms with Crippen molar-refractivity contribution in [3.63, 3.8) is 0 Å². The van der Waals surface area contributed by atoms with Crippen molar-refractivity contribution in [1.29, 1.82) is 0 Å². The summed E-state index contributed by atoms with van der Waals surface area (Å²) in [6.07, 6.45) is 3.49. The minimum absolute atomic E-state index is 0.366. The molecule has 1 fully saturated rings. The fourth-order valence-corrected chi connectivity index (χ4v) is 4.28. The van der Waals surface area contributed by atoms with Gasteiger partial charge < -0.3 is 10.5 Å². The lowest BCUT2D eigenvalue weighted by Crippen LogP contribution is -2.36. The second kappa shape index (κ2) is 6.56. The Morgan fingerprint density at radius 1 is 1.25 bits per heavy atom. The molecule has 1 aromatic rings. The number of nitrogens with two attached hydrogens (primary N) is 1. The lowest BCUT2D eigenvalue weighted by Gasteiger charge is -2.27. The van der Waals surface area contributed by atoms with E-state index in [1.807, 2.05) is 0 Å². The van der Waals surface area contributed by atoms with Crippen molar-refractivity contribution in [2.24, 2.45) is 5.73 Å². The van der Waals surface area contributed by atoms with Crippen molar-refractivity contribution in [2.45, 2.75) is 30.6 Å². The van der Waals surface area contributed by atoms with Crippen molar-refractivity contribution >= 4 is 10.0 Å². The summed E-state index contributed by atoms with van der Waals surface area (Å²) in [5, 5.41) is 0. The monoisotopic (exact) mass is 298 g/mol. The molecule has 0 unspecified atom stereocenters. The SMILES string of the molecule is COc1ccc(S(=O)(=O)N2CCCCC2)c(CCN)c1. The molecule has 0 bridgehead atoms. The Labute approximate surface area is 120 Å². The lowest BCUT2D eigenvalue weighted by molar-refractivity contribution is 0.346. The average molecular weight is 298 g/mol. The molecule has 1 aliphatic heterocycles. The van der Waals surface area contributed by atoms with Gasteiger partial charge in [0.05, 0.1) is 12.0 Å². The topological polar surface area (TPSA) is 72.6 Å². The number of hydrogen-bond donors (Lipinski definition) is 1. The van der Waals surface area contributed by atoms with Crippen LogP contribution < -0.4 is 10.5 Å². The number of piperidine rings is 1. The standard InChI is InChI=1S/C14H22N2O3S/c1-19-13-5-6-14(12(11-13)7-8-15)20(17,18)16-9-3-2-4-10-16/h5-6,11H,2-4,7-10,15H2,1H3. The molecular weight excluding hydrogens is 276 g/mol. The molecule has 0 aliphatic carbocycles. The van der Waals surface area contributed by atoms with E-state index in [9.17, 15) is 8.42 Å². The maximum atomic E-state index is 12.7. The first-order chi connectivity index (χ1) is 9.59. The first-order valence-corrected chi connectivity index (χ1v) is 8.40. The summed E-state index contributed by atoms with van der Waals surface area (Å²) in [6, 6.07) is 5.09. The van der Waals surface area contributed by atoms with Gasteiger partial charge in [0, 0.05) is 13.1 Å². The van der Waals surface area contributed by atoms with E-state index in [1.54, 1.807) is 29.6 Å². The third-order valence-electron chi connectivity index (χ3n) is 3.61. The van der Waals surface area contributed by atoms with Crippen LogP contribution in [0.5, 0.6) is 5.75 Å². The van der Waals surface area contributed by atoms with Gasteiger partial charge in [-0.05, 0) is 49.6 Å². The number of sulfonamides is 1. The molecule has 0 atom stereocenters. The molecule has 2 rings (SSSR count).